The molecule has 0 rings (SSSR count). The van der Waals surface area contributed by atoms with Crippen LogP contribution >= 0.6 is 0 Å². The zero-order valence-corrected chi connectivity index (χ0v) is 10.6. The van der Waals surface area contributed by atoms with Crippen LogP contribution in [0.4, 0.5) is 0 Å². The van der Waals surface area contributed by atoms with Crippen LogP contribution in [-0.2, 0) is 10.4 Å². The average molecular weight is 206 g/mol. The second-order valence-corrected chi connectivity index (χ2v) is 5.85. The SMILES string of the molecule is CCCC[CH](C)[Na].O=S(=O)(O)O. The molecule has 0 aliphatic carbocycles. The molecular formula is C6H15NaO4S. The Morgan fingerprint density at radius 1 is 1.42 bits per heavy atom. The van der Waals surface area contributed by atoms with Crippen molar-refractivity contribution >= 4 is 38.3 Å². The minimum atomic E-state index is -4.67. The topological polar surface area (TPSA) is 74.6 Å². The van der Waals surface area contributed by atoms with E-state index in [1.165, 1.54) is 47.2 Å². The van der Waals surface area contributed by atoms with Crippen molar-refractivity contribution in [1.82, 2.24) is 0 Å². The van der Waals surface area contributed by atoms with Gasteiger partial charge in [-0.2, -0.15) is 8.42 Å². The molecule has 0 saturated heterocycles. The standard InChI is InChI=1S/C6H13.Na.H2O4S/c1-3-5-6-4-2;;1-5(2,3)4/h3H,4-6H2,1-2H3;;(H2,1,2,3,4). The summed E-state index contributed by atoms with van der Waals surface area (Å²) >= 11 is 1.38. The van der Waals surface area contributed by atoms with Gasteiger partial charge in [0.15, 0.2) is 0 Å². The van der Waals surface area contributed by atoms with Gasteiger partial charge in [-0.15, -0.1) is 0 Å². The Morgan fingerprint density at radius 3 is 1.83 bits per heavy atom. The van der Waals surface area contributed by atoms with Crippen LogP contribution in [0.5, 0.6) is 0 Å². The summed E-state index contributed by atoms with van der Waals surface area (Å²) < 4.78 is 32.6. The molecule has 2 N–H and O–H groups in total. The molecule has 0 fully saturated rings. The predicted octanol–water partition coefficient (Wildman–Crippen LogP) is 1.50. The van der Waals surface area contributed by atoms with Crippen molar-refractivity contribution in [2.75, 3.05) is 0 Å². The maximum Gasteiger partial charge on any atom is 0.394 e. The van der Waals surface area contributed by atoms with E-state index in [9.17, 15) is 0 Å². The molecule has 0 heterocycles. The Hall–Kier alpha value is 0.870. The quantitative estimate of drug-likeness (QED) is 0.542. The van der Waals surface area contributed by atoms with Crippen LogP contribution in [0.2, 0.25) is 3.17 Å². The van der Waals surface area contributed by atoms with Crippen molar-refractivity contribution in [3.63, 3.8) is 0 Å². The molecule has 0 saturated carbocycles. The first kappa shape index (κ1) is 15.3. The average Bonchev–Trinajstić information content (AvgIpc) is 1.79. The van der Waals surface area contributed by atoms with Gasteiger partial charge in [-0.25, -0.2) is 0 Å². The van der Waals surface area contributed by atoms with Crippen molar-refractivity contribution < 1.29 is 17.5 Å². The van der Waals surface area contributed by atoms with Gasteiger partial charge >= 0.3 is 74.6 Å². The summed E-state index contributed by atoms with van der Waals surface area (Å²) in [6.45, 7) is 4.59. The predicted molar refractivity (Wildman–Crippen MR) is 48.9 cm³/mol. The second-order valence-electron chi connectivity index (χ2n) is 2.98. The third-order valence-corrected chi connectivity index (χ3v) is 1.71. The third kappa shape index (κ3) is 44.6. The summed E-state index contributed by atoms with van der Waals surface area (Å²) in [4.78, 5) is 0. The molecule has 0 radical (unpaired) electrons. The van der Waals surface area contributed by atoms with Crippen LogP contribution in [0.3, 0.4) is 0 Å². The maximum absolute atomic E-state index is 8.74. The van der Waals surface area contributed by atoms with Gasteiger partial charge in [0.25, 0.3) is 0 Å². The van der Waals surface area contributed by atoms with Crippen molar-refractivity contribution in [1.29, 1.82) is 0 Å². The molecule has 0 aromatic rings. The van der Waals surface area contributed by atoms with Gasteiger partial charge in [0.2, 0.25) is 0 Å². The van der Waals surface area contributed by atoms with Gasteiger partial charge in [-0.1, -0.05) is 0 Å². The van der Waals surface area contributed by atoms with Crippen molar-refractivity contribution in [2.45, 2.75) is 36.3 Å². The summed E-state index contributed by atoms with van der Waals surface area (Å²) in [6.07, 6.45) is 4.26. The maximum atomic E-state index is 8.74. The Balaban J connectivity index is 0. The molecule has 1 unspecified atom stereocenters. The van der Waals surface area contributed by atoms with Crippen LogP contribution in [0, 0.1) is 0 Å². The number of rotatable bonds is 3. The first-order valence-electron chi connectivity index (χ1n) is 3.97. The van der Waals surface area contributed by atoms with Gasteiger partial charge in [-0.3, -0.25) is 9.11 Å². The van der Waals surface area contributed by atoms with Gasteiger partial charge < -0.3 is 0 Å². The second kappa shape index (κ2) is 8.47. The van der Waals surface area contributed by atoms with Crippen LogP contribution in [-0.4, -0.2) is 45.5 Å². The molecule has 70 valence electrons. The van der Waals surface area contributed by atoms with E-state index in [1.54, 1.807) is 0 Å². The smallest absolute Gasteiger partial charge is 0.264 e. The summed E-state index contributed by atoms with van der Waals surface area (Å²) in [7, 11) is -4.67. The van der Waals surface area contributed by atoms with Gasteiger partial charge in [0.05, 0.1) is 0 Å². The van der Waals surface area contributed by atoms with E-state index in [0.29, 0.717) is 0 Å². The summed E-state index contributed by atoms with van der Waals surface area (Å²) in [5, 5.41) is 0. The van der Waals surface area contributed by atoms with Gasteiger partial charge in [0, 0.05) is 0 Å². The molecule has 0 amide bonds. The van der Waals surface area contributed by atoms with E-state index in [4.69, 9.17) is 17.5 Å². The molecule has 0 aromatic heterocycles. The van der Waals surface area contributed by atoms with E-state index in [-0.39, 0.29) is 0 Å². The summed E-state index contributed by atoms with van der Waals surface area (Å²) in [5.74, 6) is 0. The normalized spacial score (nSPS) is 13.2. The Morgan fingerprint density at radius 2 is 1.75 bits per heavy atom. The number of unbranched alkanes of at least 4 members (excludes halogenated alkanes) is 1. The van der Waals surface area contributed by atoms with Crippen LogP contribution in [0.25, 0.3) is 0 Å². The Kier molecular flexibility index (Phi) is 10.8. The number of hydrogen-bond acceptors (Lipinski definition) is 2. The molecular weight excluding hydrogens is 191 g/mol. The van der Waals surface area contributed by atoms with Crippen molar-refractivity contribution in [3.8, 4) is 0 Å². The zero-order chi connectivity index (χ0) is 10.2. The van der Waals surface area contributed by atoms with Crippen molar-refractivity contribution in [2.24, 2.45) is 0 Å². The molecule has 0 aliphatic rings. The first-order chi connectivity index (χ1) is 5.27. The fourth-order valence-corrected chi connectivity index (χ4v) is 1.02. The molecule has 0 aromatic carbocycles. The largest absolute Gasteiger partial charge is 0.394 e. The monoisotopic (exact) mass is 206 g/mol. The van der Waals surface area contributed by atoms with Crippen LogP contribution < -0.4 is 0 Å². The van der Waals surface area contributed by atoms with Crippen molar-refractivity contribution in [3.05, 3.63) is 0 Å². The summed E-state index contributed by atoms with van der Waals surface area (Å²) in [5.41, 5.74) is 0. The van der Waals surface area contributed by atoms with Crippen LogP contribution in [0.15, 0.2) is 0 Å². The fraction of sp³-hybridized carbons (Fsp3) is 1.00. The van der Waals surface area contributed by atoms with E-state index in [2.05, 4.69) is 13.8 Å². The molecule has 0 bridgehead atoms. The minimum absolute atomic E-state index is 1.04. The fourth-order valence-electron chi connectivity index (χ4n) is 0.612. The summed E-state index contributed by atoms with van der Waals surface area (Å²) in [6, 6.07) is 0. The van der Waals surface area contributed by atoms with E-state index >= 15 is 0 Å². The minimum Gasteiger partial charge on any atom is -0.264 e. The molecule has 0 aliphatic heterocycles. The van der Waals surface area contributed by atoms with Gasteiger partial charge in [-0.05, 0) is 0 Å². The van der Waals surface area contributed by atoms with Gasteiger partial charge in [0.1, 0.15) is 0 Å². The molecule has 0 spiro atoms. The zero-order valence-electron chi connectivity index (χ0n) is 7.82. The number of hydrogen-bond donors (Lipinski definition) is 2. The first-order valence-corrected chi connectivity index (χ1v) is 6.52. The molecule has 6 heteroatoms. The Labute approximate surface area is 91.7 Å². The third-order valence-electron chi connectivity index (χ3n) is 1.14. The van der Waals surface area contributed by atoms with E-state index < -0.39 is 10.4 Å². The molecule has 12 heavy (non-hydrogen) atoms. The molecule has 4 nitrogen and oxygen atoms in total. The van der Waals surface area contributed by atoms with Crippen LogP contribution in [0.1, 0.15) is 33.1 Å². The molecule has 1 atom stereocenters. The van der Waals surface area contributed by atoms with E-state index in [0.717, 1.165) is 3.17 Å². The Bertz CT molecular complexity index is 168. The van der Waals surface area contributed by atoms with E-state index in [1.807, 2.05) is 0 Å².